The van der Waals surface area contributed by atoms with Crippen LogP contribution in [-0.2, 0) is 4.74 Å². The zero-order valence-corrected chi connectivity index (χ0v) is 11.6. The second-order valence-electron chi connectivity index (χ2n) is 4.88. The molecule has 2 amide bonds. The Morgan fingerprint density at radius 1 is 1.45 bits per heavy atom. The summed E-state index contributed by atoms with van der Waals surface area (Å²) in [6.07, 6.45) is 0.931. The summed E-state index contributed by atoms with van der Waals surface area (Å²) in [6.45, 7) is 3.38. The highest BCUT2D eigenvalue weighted by Crippen LogP contribution is 2.10. The van der Waals surface area contributed by atoms with Crippen LogP contribution in [0.5, 0.6) is 0 Å². The van der Waals surface area contributed by atoms with E-state index in [9.17, 15) is 9.18 Å². The summed E-state index contributed by atoms with van der Waals surface area (Å²) < 4.78 is 17.8. The minimum Gasteiger partial charge on any atom is -0.383 e. The molecule has 0 bridgehead atoms. The predicted molar refractivity (Wildman–Crippen MR) is 75.3 cm³/mol. The van der Waals surface area contributed by atoms with Gasteiger partial charge >= 0.3 is 6.03 Å². The fourth-order valence-corrected chi connectivity index (χ4v) is 2.26. The number of halogens is 1. The average Bonchev–Trinajstić information content (AvgIpc) is 2.86. The van der Waals surface area contributed by atoms with Gasteiger partial charge in [-0.3, -0.25) is 4.90 Å². The Morgan fingerprint density at radius 2 is 2.20 bits per heavy atom. The Bertz CT molecular complexity index is 439. The average molecular weight is 281 g/mol. The quantitative estimate of drug-likeness (QED) is 0.863. The Morgan fingerprint density at radius 3 is 2.90 bits per heavy atom. The molecule has 20 heavy (non-hydrogen) atoms. The van der Waals surface area contributed by atoms with Gasteiger partial charge in [0.2, 0.25) is 0 Å². The van der Waals surface area contributed by atoms with Crippen molar-refractivity contribution in [2.75, 3.05) is 38.7 Å². The van der Waals surface area contributed by atoms with Crippen LogP contribution in [0.3, 0.4) is 0 Å². The monoisotopic (exact) mass is 281 g/mol. The molecule has 0 aromatic heterocycles. The molecule has 1 aliphatic heterocycles. The van der Waals surface area contributed by atoms with E-state index in [1.807, 2.05) is 0 Å². The molecule has 0 aliphatic carbocycles. The second-order valence-corrected chi connectivity index (χ2v) is 4.88. The van der Waals surface area contributed by atoms with Crippen molar-refractivity contribution < 1.29 is 13.9 Å². The van der Waals surface area contributed by atoms with Crippen molar-refractivity contribution in [3.8, 4) is 0 Å². The first-order valence-electron chi connectivity index (χ1n) is 6.72. The zero-order valence-electron chi connectivity index (χ0n) is 11.6. The molecule has 1 saturated heterocycles. The van der Waals surface area contributed by atoms with Crippen LogP contribution in [0, 0.1) is 5.82 Å². The highest BCUT2D eigenvalue weighted by Gasteiger charge is 2.23. The molecule has 0 radical (unpaired) electrons. The van der Waals surface area contributed by atoms with E-state index in [4.69, 9.17) is 4.74 Å². The Kier molecular flexibility index (Phi) is 5.31. The third-order valence-electron chi connectivity index (χ3n) is 3.32. The van der Waals surface area contributed by atoms with Crippen LogP contribution in [-0.4, -0.2) is 50.3 Å². The van der Waals surface area contributed by atoms with E-state index in [2.05, 4.69) is 15.5 Å². The number of benzene rings is 1. The topological polar surface area (TPSA) is 53.6 Å². The van der Waals surface area contributed by atoms with Gasteiger partial charge in [0.25, 0.3) is 0 Å². The lowest BCUT2D eigenvalue weighted by Crippen LogP contribution is -2.40. The molecule has 110 valence electrons. The van der Waals surface area contributed by atoms with Gasteiger partial charge in [0, 0.05) is 38.5 Å². The number of anilines is 1. The number of urea groups is 1. The van der Waals surface area contributed by atoms with Gasteiger partial charge in [0.15, 0.2) is 0 Å². The summed E-state index contributed by atoms with van der Waals surface area (Å²) >= 11 is 0. The van der Waals surface area contributed by atoms with Crippen LogP contribution in [0.2, 0.25) is 0 Å². The fourth-order valence-electron chi connectivity index (χ4n) is 2.26. The molecule has 1 atom stereocenters. The first kappa shape index (κ1) is 14.7. The zero-order chi connectivity index (χ0) is 14.4. The number of likely N-dealkylation sites (tertiary alicyclic amines) is 1. The third kappa shape index (κ3) is 4.47. The van der Waals surface area contributed by atoms with E-state index in [0.29, 0.717) is 12.3 Å². The van der Waals surface area contributed by atoms with Gasteiger partial charge in [-0.15, -0.1) is 0 Å². The van der Waals surface area contributed by atoms with E-state index in [0.717, 1.165) is 26.1 Å². The van der Waals surface area contributed by atoms with Crippen molar-refractivity contribution in [2.24, 2.45) is 0 Å². The highest BCUT2D eigenvalue weighted by atomic mass is 19.1. The number of ether oxygens (including phenoxy) is 1. The smallest absolute Gasteiger partial charge is 0.319 e. The number of rotatable bonds is 5. The molecular formula is C14H20FN3O2. The van der Waals surface area contributed by atoms with Crippen LogP contribution >= 0.6 is 0 Å². The molecule has 1 aromatic carbocycles. The number of carbonyl (C=O) groups excluding carboxylic acids is 1. The number of carbonyl (C=O) groups is 1. The Balaban J connectivity index is 1.74. The summed E-state index contributed by atoms with van der Waals surface area (Å²) in [5.41, 5.74) is 0.582. The highest BCUT2D eigenvalue weighted by molar-refractivity contribution is 5.89. The summed E-state index contributed by atoms with van der Waals surface area (Å²) in [5.74, 6) is -0.319. The summed E-state index contributed by atoms with van der Waals surface area (Å²) in [4.78, 5) is 14.1. The molecular weight excluding hydrogens is 261 g/mol. The molecule has 0 unspecified atom stereocenters. The maximum atomic E-state index is 12.8. The molecule has 1 aromatic rings. The van der Waals surface area contributed by atoms with Gasteiger partial charge in [-0.2, -0.15) is 0 Å². The van der Waals surface area contributed by atoms with Crippen molar-refractivity contribution in [1.29, 1.82) is 0 Å². The minimum atomic E-state index is -0.319. The number of nitrogens with zero attached hydrogens (tertiary/aromatic N) is 1. The molecule has 1 aliphatic rings. The van der Waals surface area contributed by atoms with Crippen molar-refractivity contribution >= 4 is 11.7 Å². The molecule has 2 N–H and O–H groups in total. The molecule has 0 spiro atoms. The maximum absolute atomic E-state index is 12.8. The van der Waals surface area contributed by atoms with Crippen molar-refractivity contribution in [3.63, 3.8) is 0 Å². The molecule has 1 heterocycles. The molecule has 0 saturated carbocycles. The lowest BCUT2D eigenvalue weighted by molar-refractivity contribution is 0.160. The second kappa shape index (κ2) is 7.21. The van der Waals surface area contributed by atoms with Gasteiger partial charge in [-0.05, 0) is 30.7 Å². The molecule has 5 nitrogen and oxygen atoms in total. The molecule has 6 heteroatoms. The number of hydrogen-bond acceptors (Lipinski definition) is 3. The van der Waals surface area contributed by atoms with E-state index < -0.39 is 0 Å². The first-order valence-corrected chi connectivity index (χ1v) is 6.72. The van der Waals surface area contributed by atoms with Crippen molar-refractivity contribution in [1.82, 2.24) is 10.2 Å². The lowest BCUT2D eigenvalue weighted by atomic mass is 10.3. The summed E-state index contributed by atoms with van der Waals surface area (Å²) in [5, 5.41) is 5.62. The van der Waals surface area contributed by atoms with Gasteiger partial charge in [-0.25, -0.2) is 9.18 Å². The number of methoxy groups -OCH3 is 1. The third-order valence-corrected chi connectivity index (χ3v) is 3.32. The lowest BCUT2D eigenvalue weighted by Gasteiger charge is -2.16. The maximum Gasteiger partial charge on any atom is 0.319 e. The van der Waals surface area contributed by atoms with E-state index in [1.165, 1.54) is 24.3 Å². The van der Waals surface area contributed by atoms with Crippen molar-refractivity contribution in [2.45, 2.75) is 12.5 Å². The van der Waals surface area contributed by atoms with E-state index in [1.54, 1.807) is 7.11 Å². The first-order chi connectivity index (χ1) is 9.67. The largest absolute Gasteiger partial charge is 0.383 e. The van der Waals surface area contributed by atoms with Crippen LogP contribution in [0.25, 0.3) is 0 Å². The fraction of sp³-hybridized carbons (Fsp3) is 0.500. The predicted octanol–water partition coefficient (Wildman–Crippen LogP) is 1.67. The SMILES string of the molecule is COCCN1CC[C@H](NC(=O)Nc2ccc(F)cc2)C1. The Hall–Kier alpha value is -1.66. The summed E-state index contributed by atoms with van der Waals surface area (Å²) in [7, 11) is 1.68. The minimum absolute atomic E-state index is 0.146. The van der Waals surface area contributed by atoms with Gasteiger partial charge in [-0.1, -0.05) is 0 Å². The van der Waals surface area contributed by atoms with Crippen LogP contribution < -0.4 is 10.6 Å². The van der Waals surface area contributed by atoms with Crippen LogP contribution in [0.1, 0.15) is 6.42 Å². The number of amides is 2. The summed E-state index contributed by atoms with van der Waals surface area (Å²) in [6, 6.07) is 5.60. The van der Waals surface area contributed by atoms with Crippen molar-refractivity contribution in [3.05, 3.63) is 30.1 Å². The number of nitrogens with one attached hydrogen (secondary N) is 2. The standard InChI is InChI=1S/C14H20FN3O2/c1-20-9-8-18-7-6-13(10-18)17-14(19)16-12-4-2-11(15)3-5-12/h2-5,13H,6-10H2,1H3,(H2,16,17,19)/t13-/m0/s1. The molecule has 2 rings (SSSR count). The van der Waals surface area contributed by atoms with Gasteiger partial charge < -0.3 is 15.4 Å². The van der Waals surface area contributed by atoms with Gasteiger partial charge in [0.05, 0.1) is 6.61 Å². The molecule has 1 fully saturated rings. The van der Waals surface area contributed by atoms with Gasteiger partial charge in [0.1, 0.15) is 5.82 Å². The van der Waals surface area contributed by atoms with Crippen LogP contribution in [0.4, 0.5) is 14.9 Å². The number of hydrogen-bond donors (Lipinski definition) is 2. The Labute approximate surface area is 118 Å². The normalized spacial score (nSPS) is 19.0. The van der Waals surface area contributed by atoms with Crippen LogP contribution in [0.15, 0.2) is 24.3 Å². The van der Waals surface area contributed by atoms with E-state index >= 15 is 0 Å². The van der Waals surface area contributed by atoms with E-state index in [-0.39, 0.29) is 17.9 Å².